The van der Waals surface area contributed by atoms with Gasteiger partial charge in [-0.05, 0) is 67.1 Å². The highest BCUT2D eigenvalue weighted by atomic mass is 16.6. The third-order valence-electron chi connectivity index (χ3n) is 5.63. The first kappa shape index (κ1) is 26.8. The Morgan fingerprint density at radius 3 is 2.36 bits per heavy atom. The Kier molecular flexibility index (Phi) is 8.47. The van der Waals surface area contributed by atoms with Gasteiger partial charge in [0.2, 0.25) is 0 Å². The second-order valence-electron chi connectivity index (χ2n) is 8.29. The molecule has 39 heavy (non-hydrogen) atoms. The van der Waals surface area contributed by atoms with E-state index in [1.807, 2.05) is 37.3 Å². The molecule has 1 N–H and O–H groups in total. The normalized spacial score (nSPS) is 11.6. The lowest BCUT2D eigenvalue weighted by Crippen LogP contribution is -2.33. The van der Waals surface area contributed by atoms with Crippen molar-refractivity contribution in [3.63, 3.8) is 0 Å². The fraction of sp³-hybridized carbons (Fsp3) is 0.138. The Morgan fingerprint density at radius 2 is 1.67 bits per heavy atom. The van der Waals surface area contributed by atoms with Gasteiger partial charge in [-0.25, -0.2) is 10.2 Å². The van der Waals surface area contributed by atoms with Crippen LogP contribution in [0.1, 0.15) is 29.8 Å². The van der Waals surface area contributed by atoms with Crippen LogP contribution in [0.3, 0.4) is 0 Å². The average molecular weight is 528 g/mol. The molecule has 10 heteroatoms. The van der Waals surface area contributed by atoms with Gasteiger partial charge in [-0.2, -0.15) is 5.10 Å². The van der Waals surface area contributed by atoms with Crippen molar-refractivity contribution in [1.29, 1.82) is 0 Å². The molecule has 10 nitrogen and oxygen atoms in total. The number of hydrogen-bond donors (Lipinski definition) is 1. The Balaban J connectivity index is 1.49. The van der Waals surface area contributed by atoms with E-state index >= 15 is 0 Å². The van der Waals surface area contributed by atoms with E-state index in [1.165, 1.54) is 37.4 Å². The topological polar surface area (TPSA) is 129 Å². The Bertz CT molecular complexity index is 1520. The number of nitrogens with zero attached hydrogens (tertiary/aromatic N) is 2. The van der Waals surface area contributed by atoms with Crippen molar-refractivity contribution in [2.75, 3.05) is 6.61 Å². The fourth-order valence-electron chi connectivity index (χ4n) is 3.67. The monoisotopic (exact) mass is 527 g/mol. The minimum atomic E-state index is -0.937. The van der Waals surface area contributed by atoms with E-state index in [1.54, 1.807) is 30.3 Å². The second-order valence-corrected chi connectivity index (χ2v) is 8.29. The number of hydrogen-bond acceptors (Lipinski definition) is 8. The second kappa shape index (κ2) is 12.3. The molecule has 0 aliphatic carbocycles. The van der Waals surface area contributed by atoms with Crippen LogP contribution in [0.15, 0.2) is 90.0 Å². The van der Waals surface area contributed by atoms with Gasteiger partial charge in [0.05, 0.1) is 23.3 Å². The van der Waals surface area contributed by atoms with E-state index in [0.29, 0.717) is 29.2 Å². The van der Waals surface area contributed by atoms with Crippen LogP contribution in [0.2, 0.25) is 0 Å². The van der Waals surface area contributed by atoms with Gasteiger partial charge in [0, 0.05) is 17.7 Å². The van der Waals surface area contributed by atoms with Crippen molar-refractivity contribution in [3.8, 4) is 17.2 Å². The van der Waals surface area contributed by atoms with E-state index < -0.39 is 22.9 Å². The van der Waals surface area contributed by atoms with Gasteiger partial charge in [-0.1, -0.05) is 30.3 Å². The first-order chi connectivity index (χ1) is 18.9. The minimum absolute atomic E-state index is 0.0850. The van der Waals surface area contributed by atoms with Crippen molar-refractivity contribution < 1.29 is 28.7 Å². The molecule has 4 aromatic rings. The minimum Gasteiger partial charge on any atom is -0.494 e. The maximum absolute atomic E-state index is 12.8. The number of carbonyl (C=O) groups is 2. The molecule has 0 aliphatic rings. The number of esters is 1. The van der Waals surface area contributed by atoms with E-state index in [9.17, 15) is 19.7 Å². The number of nitro groups is 1. The summed E-state index contributed by atoms with van der Waals surface area (Å²) in [5.74, 6) is 0.107. The number of rotatable bonds is 10. The molecule has 0 saturated heterocycles. The first-order valence-corrected chi connectivity index (χ1v) is 12.1. The molecule has 0 unspecified atom stereocenters. The summed E-state index contributed by atoms with van der Waals surface area (Å²) >= 11 is 0. The quantitative estimate of drug-likeness (QED) is 0.0976. The molecular weight excluding hydrogens is 502 g/mol. The predicted molar refractivity (Wildman–Crippen MR) is 145 cm³/mol. The smallest absolute Gasteiger partial charge is 0.343 e. The zero-order valence-corrected chi connectivity index (χ0v) is 21.2. The Hall–Kier alpha value is -5.25. The standard InChI is InChI=1S/C29H25N3O7/c1-3-37-23-13-8-21(9-14-23)29(34)39-27-17-10-20-6-4-5-7-25(20)26(27)18-30-31-28(33)19(2)38-24-15-11-22(12-16-24)32(35)36/h4-19H,3H2,1-2H3,(H,31,33)/b30-18-/t19-/m1/s1. The summed E-state index contributed by atoms with van der Waals surface area (Å²) in [5, 5.41) is 16.5. The SMILES string of the molecule is CCOc1ccc(C(=O)Oc2ccc3ccccc3c2/C=N\NC(=O)[C@@H](C)Oc2ccc([N+](=O)[O-])cc2)cc1. The van der Waals surface area contributed by atoms with Crippen molar-refractivity contribution in [2.45, 2.75) is 20.0 Å². The van der Waals surface area contributed by atoms with Gasteiger partial charge in [-0.3, -0.25) is 14.9 Å². The van der Waals surface area contributed by atoms with E-state index in [-0.39, 0.29) is 11.4 Å². The molecule has 0 radical (unpaired) electrons. The van der Waals surface area contributed by atoms with Gasteiger partial charge in [0.25, 0.3) is 11.6 Å². The maximum atomic E-state index is 12.8. The molecule has 0 fully saturated rings. The molecule has 0 saturated carbocycles. The summed E-state index contributed by atoms with van der Waals surface area (Å²) in [5.41, 5.74) is 3.18. The van der Waals surface area contributed by atoms with Gasteiger partial charge in [-0.15, -0.1) is 0 Å². The lowest BCUT2D eigenvalue weighted by atomic mass is 10.0. The van der Waals surface area contributed by atoms with Crippen molar-refractivity contribution in [2.24, 2.45) is 5.10 Å². The molecule has 0 aromatic heterocycles. The number of fused-ring (bicyclic) bond motifs is 1. The maximum Gasteiger partial charge on any atom is 0.343 e. The van der Waals surface area contributed by atoms with Gasteiger partial charge in [0.1, 0.15) is 17.2 Å². The summed E-state index contributed by atoms with van der Waals surface area (Å²) in [4.78, 5) is 35.7. The molecule has 4 rings (SSSR count). The lowest BCUT2D eigenvalue weighted by molar-refractivity contribution is -0.384. The van der Waals surface area contributed by atoms with Crippen LogP contribution in [0.4, 0.5) is 5.69 Å². The van der Waals surface area contributed by atoms with Crippen molar-refractivity contribution >= 4 is 34.6 Å². The first-order valence-electron chi connectivity index (χ1n) is 12.1. The zero-order valence-electron chi connectivity index (χ0n) is 21.2. The molecule has 4 aromatic carbocycles. The van der Waals surface area contributed by atoms with E-state index in [2.05, 4.69) is 10.5 Å². The van der Waals surface area contributed by atoms with Crippen LogP contribution in [0.25, 0.3) is 10.8 Å². The van der Waals surface area contributed by atoms with Crippen LogP contribution >= 0.6 is 0 Å². The highest BCUT2D eigenvalue weighted by molar-refractivity contribution is 6.04. The molecule has 0 spiro atoms. The highest BCUT2D eigenvalue weighted by Crippen LogP contribution is 2.28. The number of carbonyl (C=O) groups excluding carboxylic acids is 2. The fourth-order valence-corrected chi connectivity index (χ4v) is 3.67. The molecule has 1 amide bonds. The third kappa shape index (κ3) is 6.75. The third-order valence-corrected chi connectivity index (χ3v) is 5.63. The number of hydrazone groups is 1. The van der Waals surface area contributed by atoms with Crippen LogP contribution in [-0.2, 0) is 4.79 Å². The number of non-ortho nitro benzene ring substituents is 1. The number of benzene rings is 4. The largest absolute Gasteiger partial charge is 0.494 e. The summed E-state index contributed by atoms with van der Waals surface area (Å²) in [6, 6.07) is 23.0. The molecule has 1 atom stereocenters. The van der Waals surface area contributed by atoms with Gasteiger partial charge >= 0.3 is 5.97 Å². The van der Waals surface area contributed by atoms with Crippen LogP contribution in [0, 0.1) is 10.1 Å². The summed E-state index contributed by atoms with van der Waals surface area (Å²) in [6.45, 7) is 3.91. The number of nitrogens with one attached hydrogen (secondary N) is 1. The van der Waals surface area contributed by atoms with E-state index in [0.717, 1.165) is 10.8 Å². The molecule has 0 bridgehead atoms. The average Bonchev–Trinajstić information content (AvgIpc) is 2.94. The summed E-state index contributed by atoms with van der Waals surface area (Å²) < 4.78 is 16.7. The van der Waals surface area contributed by atoms with Gasteiger partial charge < -0.3 is 14.2 Å². The molecular formula is C29H25N3O7. The summed E-state index contributed by atoms with van der Waals surface area (Å²) in [6.07, 6.45) is 0.465. The molecule has 0 heterocycles. The zero-order chi connectivity index (χ0) is 27.8. The van der Waals surface area contributed by atoms with Gasteiger partial charge in [0.15, 0.2) is 6.10 Å². The van der Waals surface area contributed by atoms with Crippen molar-refractivity contribution in [3.05, 3.63) is 106 Å². The molecule has 0 aliphatic heterocycles. The number of amides is 1. The molecule has 198 valence electrons. The summed E-state index contributed by atoms with van der Waals surface area (Å²) in [7, 11) is 0. The lowest BCUT2D eigenvalue weighted by Gasteiger charge is -2.13. The van der Waals surface area contributed by atoms with Crippen molar-refractivity contribution in [1.82, 2.24) is 5.43 Å². The predicted octanol–water partition coefficient (Wildman–Crippen LogP) is 5.28. The Morgan fingerprint density at radius 1 is 0.974 bits per heavy atom. The van der Waals surface area contributed by atoms with Crippen LogP contribution < -0.4 is 19.6 Å². The van der Waals surface area contributed by atoms with E-state index in [4.69, 9.17) is 14.2 Å². The number of ether oxygens (including phenoxy) is 3. The number of nitro benzene ring substituents is 1. The highest BCUT2D eigenvalue weighted by Gasteiger charge is 2.16. The van der Waals surface area contributed by atoms with Crippen LogP contribution in [0.5, 0.6) is 17.2 Å². The van der Waals surface area contributed by atoms with Crippen LogP contribution in [-0.4, -0.2) is 35.7 Å². The Labute approximate surface area is 224 Å².